The molecule has 0 unspecified atom stereocenters. The van der Waals surface area contributed by atoms with Crippen LogP contribution in [0.25, 0.3) is 0 Å². The summed E-state index contributed by atoms with van der Waals surface area (Å²) in [6.45, 7) is 12.5. The summed E-state index contributed by atoms with van der Waals surface area (Å²) in [5.74, 6) is 3.04. The molecule has 0 saturated carbocycles. The summed E-state index contributed by atoms with van der Waals surface area (Å²) in [6, 6.07) is 20.9. The Morgan fingerprint density at radius 1 is 0.606 bits per heavy atom. The lowest BCUT2D eigenvalue weighted by Crippen LogP contribution is -2.34. The zero-order chi connectivity index (χ0) is 23.8. The summed E-state index contributed by atoms with van der Waals surface area (Å²) in [5.41, 5.74) is 0. The van der Waals surface area contributed by atoms with Crippen LogP contribution in [0.2, 0.25) is 10.0 Å². The van der Waals surface area contributed by atoms with Crippen molar-refractivity contribution in [2.24, 2.45) is 0 Å². The molecule has 0 aliphatic rings. The first kappa shape index (κ1) is 25.8. The zero-order valence-corrected chi connectivity index (χ0v) is 22.0. The molecule has 3 rings (SSSR count). The minimum atomic E-state index is -0.865. The van der Waals surface area contributed by atoms with Gasteiger partial charge in [0.2, 0.25) is 0 Å². The van der Waals surface area contributed by atoms with Crippen molar-refractivity contribution in [3.8, 4) is 23.0 Å². The molecular formula is C26H31Cl2N2O2P. The number of hydrogen-bond acceptors (Lipinski definition) is 4. The summed E-state index contributed by atoms with van der Waals surface area (Å²) in [4.78, 5) is 0. The van der Waals surface area contributed by atoms with Crippen LogP contribution in [-0.4, -0.2) is 35.5 Å². The maximum absolute atomic E-state index is 6.42. The highest BCUT2D eigenvalue weighted by atomic mass is 35.5. The Labute approximate surface area is 208 Å². The number of hydrogen-bond donors (Lipinski definition) is 0. The summed E-state index contributed by atoms with van der Waals surface area (Å²) in [5, 5.41) is 2.41. The van der Waals surface area contributed by atoms with E-state index in [4.69, 9.17) is 32.7 Å². The molecular weight excluding hydrogens is 474 g/mol. The van der Waals surface area contributed by atoms with E-state index in [1.165, 1.54) is 0 Å². The molecule has 176 valence electrons. The number of benzene rings is 3. The van der Waals surface area contributed by atoms with Crippen LogP contribution in [0.15, 0.2) is 66.7 Å². The van der Waals surface area contributed by atoms with E-state index in [1.54, 1.807) is 0 Å². The maximum Gasteiger partial charge on any atom is 0.141 e. The molecule has 0 fully saturated rings. The summed E-state index contributed by atoms with van der Waals surface area (Å²) < 4.78 is 17.8. The van der Waals surface area contributed by atoms with Gasteiger partial charge in [0, 0.05) is 36.2 Å². The molecule has 7 heteroatoms. The van der Waals surface area contributed by atoms with Crippen LogP contribution in [0.4, 0.5) is 0 Å². The van der Waals surface area contributed by atoms with Crippen molar-refractivity contribution in [1.82, 2.24) is 9.34 Å². The van der Waals surface area contributed by atoms with Crippen molar-refractivity contribution in [1.29, 1.82) is 0 Å². The molecule has 33 heavy (non-hydrogen) atoms. The Bertz CT molecular complexity index is 930. The van der Waals surface area contributed by atoms with Crippen molar-refractivity contribution < 1.29 is 9.47 Å². The fourth-order valence-electron chi connectivity index (χ4n) is 3.57. The van der Waals surface area contributed by atoms with Gasteiger partial charge in [-0.2, -0.15) is 0 Å². The Morgan fingerprint density at radius 3 is 1.30 bits per heavy atom. The smallest absolute Gasteiger partial charge is 0.141 e. The molecule has 0 aromatic heterocycles. The number of halogens is 2. The Balaban J connectivity index is 2.15. The fourth-order valence-corrected chi connectivity index (χ4v) is 6.45. The SMILES string of the molecule is CCN(CC)P(c1c(Oc2ccc(Cl)cc2)cccc1Oc1ccc(Cl)cc1)N(CC)CC. The molecule has 4 nitrogen and oxygen atoms in total. The van der Waals surface area contributed by atoms with Gasteiger partial charge in [-0.3, -0.25) is 9.34 Å². The van der Waals surface area contributed by atoms with Gasteiger partial charge >= 0.3 is 0 Å². The second-order valence-corrected chi connectivity index (χ2v) is 10.3. The fraction of sp³-hybridized carbons (Fsp3) is 0.308. The van der Waals surface area contributed by atoms with Gasteiger partial charge in [0.05, 0.1) is 13.5 Å². The summed E-state index contributed by atoms with van der Waals surface area (Å²) >= 11 is 12.2. The van der Waals surface area contributed by atoms with Gasteiger partial charge in [-0.15, -0.1) is 0 Å². The van der Waals surface area contributed by atoms with Gasteiger partial charge in [0.25, 0.3) is 0 Å². The van der Waals surface area contributed by atoms with Crippen LogP contribution in [0, 0.1) is 0 Å². The Kier molecular flexibility index (Phi) is 9.85. The van der Waals surface area contributed by atoms with E-state index in [0.29, 0.717) is 10.0 Å². The molecule has 0 atom stereocenters. The van der Waals surface area contributed by atoms with E-state index < -0.39 is 8.22 Å². The summed E-state index contributed by atoms with van der Waals surface area (Å²) in [6.07, 6.45) is 0. The van der Waals surface area contributed by atoms with E-state index in [2.05, 4.69) is 37.0 Å². The summed E-state index contributed by atoms with van der Waals surface area (Å²) in [7, 11) is -0.865. The first-order valence-electron chi connectivity index (χ1n) is 11.3. The predicted molar refractivity (Wildman–Crippen MR) is 142 cm³/mol. The standard InChI is InChI=1S/C26H31Cl2N2O2P/c1-5-29(6-2)33(30(7-3)8-4)26-24(31-22-16-12-20(27)13-17-22)10-9-11-25(26)32-23-18-14-21(28)15-19-23/h9-19H,5-8H2,1-4H3. The highest BCUT2D eigenvalue weighted by molar-refractivity contribution is 7.61. The second kappa shape index (κ2) is 12.6. The average Bonchev–Trinajstić information content (AvgIpc) is 2.83. The van der Waals surface area contributed by atoms with Gasteiger partial charge in [0.15, 0.2) is 0 Å². The number of ether oxygens (including phenoxy) is 2. The number of rotatable bonds is 11. The highest BCUT2D eigenvalue weighted by Crippen LogP contribution is 2.49. The normalized spacial score (nSPS) is 11.4. The monoisotopic (exact) mass is 504 g/mol. The van der Waals surface area contributed by atoms with Crippen molar-refractivity contribution in [2.75, 3.05) is 26.2 Å². The van der Waals surface area contributed by atoms with E-state index in [9.17, 15) is 0 Å². The Hall–Kier alpha value is -1.81. The quantitative estimate of drug-likeness (QED) is 0.245. The molecule has 0 saturated heterocycles. The molecule has 0 aliphatic carbocycles. The molecule has 3 aromatic rings. The second-order valence-electron chi connectivity index (χ2n) is 7.28. The van der Waals surface area contributed by atoms with Crippen molar-refractivity contribution in [3.05, 3.63) is 76.8 Å². The molecule has 3 aromatic carbocycles. The molecule has 0 amide bonds. The first-order chi connectivity index (χ1) is 16.0. The van der Waals surface area contributed by atoms with Crippen LogP contribution in [0.3, 0.4) is 0 Å². The average molecular weight is 505 g/mol. The van der Waals surface area contributed by atoms with Crippen LogP contribution < -0.4 is 14.8 Å². The third-order valence-corrected chi connectivity index (χ3v) is 8.79. The van der Waals surface area contributed by atoms with E-state index >= 15 is 0 Å². The van der Waals surface area contributed by atoms with Crippen LogP contribution in [0.1, 0.15) is 27.7 Å². The molecule has 0 bridgehead atoms. The van der Waals surface area contributed by atoms with Crippen LogP contribution >= 0.6 is 31.4 Å². The lowest BCUT2D eigenvalue weighted by molar-refractivity contribution is 0.424. The van der Waals surface area contributed by atoms with Gasteiger partial charge in [0.1, 0.15) is 23.0 Å². The molecule has 0 aliphatic heterocycles. The lowest BCUT2D eigenvalue weighted by atomic mass is 10.3. The zero-order valence-electron chi connectivity index (χ0n) is 19.6. The van der Waals surface area contributed by atoms with Crippen molar-refractivity contribution in [2.45, 2.75) is 27.7 Å². The topological polar surface area (TPSA) is 24.9 Å². The Morgan fingerprint density at radius 2 is 0.970 bits per heavy atom. The van der Waals surface area contributed by atoms with Gasteiger partial charge < -0.3 is 9.47 Å². The van der Waals surface area contributed by atoms with E-state index in [-0.39, 0.29) is 0 Å². The predicted octanol–water partition coefficient (Wildman–Crippen LogP) is 8.20. The molecule has 0 radical (unpaired) electrons. The van der Waals surface area contributed by atoms with Crippen LogP contribution in [0.5, 0.6) is 23.0 Å². The van der Waals surface area contributed by atoms with Crippen LogP contribution in [-0.2, 0) is 0 Å². The molecule has 0 N–H and O–H groups in total. The molecule has 0 spiro atoms. The van der Waals surface area contributed by atoms with Gasteiger partial charge in [-0.25, -0.2) is 0 Å². The molecule has 0 heterocycles. The third-order valence-electron chi connectivity index (χ3n) is 5.24. The van der Waals surface area contributed by atoms with Gasteiger partial charge in [-0.05, 0) is 60.7 Å². The van der Waals surface area contributed by atoms with E-state index in [1.807, 2.05) is 66.7 Å². The minimum absolute atomic E-state index is 0.677. The minimum Gasteiger partial charge on any atom is -0.456 e. The van der Waals surface area contributed by atoms with E-state index in [0.717, 1.165) is 54.5 Å². The largest absolute Gasteiger partial charge is 0.456 e. The van der Waals surface area contributed by atoms with Crippen molar-refractivity contribution in [3.63, 3.8) is 0 Å². The lowest BCUT2D eigenvalue weighted by Gasteiger charge is -2.39. The van der Waals surface area contributed by atoms with Gasteiger partial charge in [-0.1, -0.05) is 57.0 Å². The maximum atomic E-state index is 6.42. The highest BCUT2D eigenvalue weighted by Gasteiger charge is 2.30. The third kappa shape index (κ3) is 6.62. The van der Waals surface area contributed by atoms with Crippen molar-refractivity contribution >= 4 is 36.7 Å². The first-order valence-corrected chi connectivity index (χ1v) is 13.3. The number of nitrogens with zero attached hydrogens (tertiary/aromatic N) is 2.